The monoisotopic (exact) mass is 247 g/mol. The summed E-state index contributed by atoms with van der Waals surface area (Å²) in [4.78, 5) is 4.83. The first kappa shape index (κ1) is 13.2. The Balaban J connectivity index is 2.08. The van der Waals surface area contributed by atoms with Crippen molar-refractivity contribution < 1.29 is 0 Å². The maximum Gasteiger partial charge on any atom is 0.0602 e. The van der Waals surface area contributed by atoms with Gasteiger partial charge in [0.25, 0.3) is 0 Å². The van der Waals surface area contributed by atoms with E-state index < -0.39 is 0 Å². The molecular formula is C15H25N3. The summed E-state index contributed by atoms with van der Waals surface area (Å²) < 4.78 is 0. The van der Waals surface area contributed by atoms with E-state index in [1.54, 1.807) is 0 Å². The van der Waals surface area contributed by atoms with Crippen LogP contribution in [0.1, 0.15) is 12.8 Å². The average molecular weight is 247 g/mol. The summed E-state index contributed by atoms with van der Waals surface area (Å²) >= 11 is 0. The number of nitrogens with zero attached hydrogens (tertiary/aromatic N) is 2. The molecule has 2 rings (SSSR count). The van der Waals surface area contributed by atoms with E-state index in [2.05, 4.69) is 53.5 Å². The quantitative estimate of drug-likeness (QED) is 0.882. The molecule has 1 aromatic carbocycles. The molecule has 0 spiro atoms. The number of hydrogen-bond acceptors (Lipinski definition) is 3. The zero-order valence-corrected chi connectivity index (χ0v) is 11.8. The van der Waals surface area contributed by atoms with E-state index in [1.165, 1.54) is 43.9 Å². The third-order valence-corrected chi connectivity index (χ3v) is 3.66. The van der Waals surface area contributed by atoms with Gasteiger partial charge in [-0.05, 0) is 45.0 Å². The summed E-state index contributed by atoms with van der Waals surface area (Å²) in [5, 5.41) is 3.30. The molecule has 1 aliphatic rings. The van der Waals surface area contributed by atoms with Crippen LogP contribution in [0, 0.1) is 5.92 Å². The van der Waals surface area contributed by atoms with E-state index in [-0.39, 0.29) is 0 Å². The highest BCUT2D eigenvalue weighted by Gasteiger charge is 2.21. The number of piperidine rings is 1. The molecule has 18 heavy (non-hydrogen) atoms. The molecule has 100 valence electrons. The second-order valence-electron chi connectivity index (χ2n) is 5.48. The number of rotatable bonds is 4. The van der Waals surface area contributed by atoms with Gasteiger partial charge in [0, 0.05) is 26.7 Å². The standard InChI is InChI=1S/C15H25N3/c1-16-14-8-4-5-9-15(14)18-10-6-7-13(12-18)11-17(2)3/h4-5,8-9,13,16H,6-7,10-12H2,1-3H3/t13-/m0/s1. The minimum Gasteiger partial charge on any atom is -0.386 e. The predicted molar refractivity (Wildman–Crippen MR) is 79.5 cm³/mol. The Kier molecular flexibility index (Phi) is 4.48. The molecule has 1 aliphatic heterocycles. The summed E-state index contributed by atoms with van der Waals surface area (Å²) in [6, 6.07) is 8.61. The average Bonchev–Trinajstić information content (AvgIpc) is 2.38. The van der Waals surface area contributed by atoms with Crippen molar-refractivity contribution in [3.8, 4) is 0 Å². The van der Waals surface area contributed by atoms with Crippen LogP contribution < -0.4 is 10.2 Å². The van der Waals surface area contributed by atoms with Crippen molar-refractivity contribution >= 4 is 11.4 Å². The first-order chi connectivity index (χ1) is 8.70. The lowest BCUT2D eigenvalue weighted by molar-refractivity contribution is 0.292. The second-order valence-corrected chi connectivity index (χ2v) is 5.48. The van der Waals surface area contributed by atoms with E-state index >= 15 is 0 Å². The molecule has 0 aromatic heterocycles. The first-order valence-corrected chi connectivity index (χ1v) is 6.87. The molecular weight excluding hydrogens is 222 g/mol. The van der Waals surface area contributed by atoms with Gasteiger partial charge in [0.15, 0.2) is 0 Å². The summed E-state index contributed by atoms with van der Waals surface area (Å²) in [6.07, 6.45) is 2.66. The van der Waals surface area contributed by atoms with Crippen LogP contribution in [0.5, 0.6) is 0 Å². The number of para-hydroxylation sites is 2. The molecule has 1 heterocycles. The lowest BCUT2D eigenvalue weighted by Crippen LogP contribution is -2.39. The van der Waals surface area contributed by atoms with Gasteiger partial charge in [-0.3, -0.25) is 0 Å². The number of benzene rings is 1. The maximum atomic E-state index is 3.30. The highest BCUT2D eigenvalue weighted by molar-refractivity contribution is 5.69. The van der Waals surface area contributed by atoms with Crippen LogP contribution in [-0.2, 0) is 0 Å². The van der Waals surface area contributed by atoms with Gasteiger partial charge in [-0.1, -0.05) is 12.1 Å². The van der Waals surface area contributed by atoms with E-state index in [1.807, 2.05) is 7.05 Å². The fraction of sp³-hybridized carbons (Fsp3) is 0.600. The van der Waals surface area contributed by atoms with E-state index in [0.717, 1.165) is 5.92 Å². The van der Waals surface area contributed by atoms with E-state index in [9.17, 15) is 0 Å². The Labute approximate surface area is 111 Å². The van der Waals surface area contributed by atoms with Gasteiger partial charge in [-0.25, -0.2) is 0 Å². The van der Waals surface area contributed by atoms with Gasteiger partial charge in [0.05, 0.1) is 11.4 Å². The van der Waals surface area contributed by atoms with Gasteiger partial charge in [-0.15, -0.1) is 0 Å². The Bertz CT molecular complexity index is 376. The molecule has 3 nitrogen and oxygen atoms in total. The molecule has 1 atom stereocenters. The van der Waals surface area contributed by atoms with Crippen LogP contribution in [0.25, 0.3) is 0 Å². The van der Waals surface area contributed by atoms with Crippen molar-refractivity contribution in [3.05, 3.63) is 24.3 Å². The molecule has 1 saturated heterocycles. The Hall–Kier alpha value is -1.22. The van der Waals surface area contributed by atoms with Crippen molar-refractivity contribution in [1.29, 1.82) is 0 Å². The molecule has 0 unspecified atom stereocenters. The molecule has 3 heteroatoms. The van der Waals surface area contributed by atoms with E-state index in [4.69, 9.17) is 0 Å². The van der Waals surface area contributed by atoms with Crippen molar-refractivity contribution in [1.82, 2.24) is 4.90 Å². The topological polar surface area (TPSA) is 18.5 Å². The molecule has 0 amide bonds. The summed E-state index contributed by atoms with van der Waals surface area (Å²) in [6.45, 7) is 3.55. The van der Waals surface area contributed by atoms with Gasteiger partial charge < -0.3 is 15.1 Å². The van der Waals surface area contributed by atoms with Crippen LogP contribution in [0.3, 0.4) is 0 Å². The Morgan fingerprint density at radius 1 is 1.33 bits per heavy atom. The van der Waals surface area contributed by atoms with Gasteiger partial charge in [-0.2, -0.15) is 0 Å². The highest BCUT2D eigenvalue weighted by Crippen LogP contribution is 2.29. The van der Waals surface area contributed by atoms with Gasteiger partial charge >= 0.3 is 0 Å². The molecule has 0 bridgehead atoms. The molecule has 0 saturated carbocycles. The Morgan fingerprint density at radius 3 is 2.83 bits per heavy atom. The molecule has 0 radical (unpaired) electrons. The number of hydrogen-bond donors (Lipinski definition) is 1. The lowest BCUT2D eigenvalue weighted by atomic mass is 9.97. The number of anilines is 2. The highest BCUT2D eigenvalue weighted by atomic mass is 15.2. The summed E-state index contributed by atoms with van der Waals surface area (Å²) in [7, 11) is 6.33. The minimum atomic E-state index is 0.790. The van der Waals surface area contributed by atoms with Gasteiger partial charge in [0.2, 0.25) is 0 Å². The third kappa shape index (κ3) is 3.16. The smallest absolute Gasteiger partial charge is 0.0602 e. The fourth-order valence-corrected chi connectivity index (χ4v) is 2.91. The van der Waals surface area contributed by atoms with Crippen LogP contribution in [0.4, 0.5) is 11.4 Å². The van der Waals surface area contributed by atoms with Crippen LogP contribution in [0.15, 0.2) is 24.3 Å². The van der Waals surface area contributed by atoms with Crippen molar-refractivity contribution in [2.24, 2.45) is 5.92 Å². The zero-order chi connectivity index (χ0) is 13.0. The second kappa shape index (κ2) is 6.10. The maximum absolute atomic E-state index is 3.30. The van der Waals surface area contributed by atoms with Crippen LogP contribution in [-0.4, -0.2) is 45.7 Å². The summed E-state index contributed by atoms with van der Waals surface area (Å²) in [5.41, 5.74) is 2.59. The molecule has 1 aromatic rings. The lowest BCUT2D eigenvalue weighted by Gasteiger charge is -2.36. The largest absolute Gasteiger partial charge is 0.386 e. The van der Waals surface area contributed by atoms with Crippen molar-refractivity contribution in [3.63, 3.8) is 0 Å². The third-order valence-electron chi connectivity index (χ3n) is 3.66. The SMILES string of the molecule is CNc1ccccc1N1CCC[C@@H](CN(C)C)C1. The normalized spacial score (nSPS) is 20.2. The van der Waals surface area contributed by atoms with Crippen molar-refractivity contribution in [2.75, 3.05) is 51.0 Å². The molecule has 1 N–H and O–H groups in total. The fourth-order valence-electron chi connectivity index (χ4n) is 2.91. The van der Waals surface area contributed by atoms with Crippen LogP contribution in [0.2, 0.25) is 0 Å². The molecule has 1 fully saturated rings. The minimum absolute atomic E-state index is 0.790. The predicted octanol–water partition coefficient (Wildman–Crippen LogP) is 2.51. The number of nitrogens with one attached hydrogen (secondary N) is 1. The van der Waals surface area contributed by atoms with Crippen molar-refractivity contribution in [2.45, 2.75) is 12.8 Å². The summed E-state index contributed by atoms with van der Waals surface area (Å²) in [5.74, 6) is 0.790. The first-order valence-electron chi connectivity index (χ1n) is 6.87. The molecule has 0 aliphatic carbocycles. The van der Waals surface area contributed by atoms with E-state index in [0.29, 0.717) is 0 Å². The van der Waals surface area contributed by atoms with Crippen LogP contribution >= 0.6 is 0 Å². The Morgan fingerprint density at radius 2 is 2.11 bits per heavy atom. The van der Waals surface area contributed by atoms with Gasteiger partial charge in [0.1, 0.15) is 0 Å². The zero-order valence-electron chi connectivity index (χ0n) is 11.8.